The van der Waals surface area contributed by atoms with Crippen molar-refractivity contribution in [2.75, 3.05) is 18.4 Å². The van der Waals surface area contributed by atoms with Gasteiger partial charge in [-0.3, -0.25) is 0 Å². The number of rotatable bonds is 4. The minimum Gasteiger partial charge on any atom is -0.313 e. The normalized spacial score (nSPS) is 9.47. The monoisotopic (exact) mass is 234 g/mol. The van der Waals surface area contributed by atoms with Gasteiger partial charge in [-0.2, -0.15) is 0 Å². The zero-order chi connectivity index (χ0) is 12.7. The summed E-state index contributed by atoms with van der Waals surface area (Å²) in [5.74, 6) is 1.95. The minimum atomic E-state index is -0.460. The molecule has 0 atom stereocenters. The Morgan fingerprint density at radius 3 is 2.82 bits per heavy atom. The predicted molar refractivity (Wildman–Crippen MR) is 66.1 cm³/mol. The molecule has 3 nitrogen and oxygen atoms in total. The fraction of sp³-hybridized carbons (Fsp3) is 0.308. The minimum absolute atomic E-state index is 0.163. The molecule has 90 valence electrons. The molecular weight excluding hydrogens is 219 g/mol. The van der Waals surface area contributed by atoms with Crippen LogP contribution < -0.4 is 5.32 Å². The largest absolute Gasteiger partial charge is 0.322 e. The Morgan fingerprint density at radius 1 is 1.53 bits per heavy atom. The number of carbonyl (C=O) groups is 1. The molecule has 17 heavy (non-hydrogen) atoms. The first-order valence-corrected chi connectivity index (χ1v) is 5.43. The molecule has 0 saturated heterocycles. The number of urea groups is 1. The molecular formula is C13H15FN2O. The Balaban J connectivity index is 2.70. The molecule has 0 aliphatic heterocycles. The van der Waals surface area contributed by atoms with Crippen molar-refractivity contribution in [1.82, 2.24) is 4.90 Å². The topological polar surface area (TPSA) is 32.3 Å². The first-order valence-electron chi connectivity index (χ1n) is 5.43. The van der Waals surface area contributed by atoms with Crippen molar-refractivity contribution in [2.24, 2.45) is 0 Å². The second-order valence-corrected chi connectivity index (χ2v) is 3.54. The van der Waals surface area contributed by atoms with Crippen LogP contribution in [-0.2, 0) is 0 Å². The van der Waals surface area contributed by atoms with E-state index in [2.05, 4.69) is 11.2 Å². The molecule has 0 aromatic heterocycles. The van der Waals surface area contributed by atoms with Crippen LogP contribution in [0.25, 0.3) is 0 Å². The number of hydrogen-bond acceptors (Lipinski definition) is 1. The van der Waals surface area contributed by atoms with E-state index in [0.29, 0.717) is 6.54 Å². The average Bonchev–Trinajstić information content (AvgIpc) is 2.32. The van der Waals surface area contributed by atoms with Gasteiger partial charge in [0.05, 0.1) is 12.2 Å². The molecule has 0 bridgehead atoms. The SMILES string of the molecule is C#CCN(CCC)C(=O)Nc1ccccc1F. The van der Waals surface area contributed by atoms with Crippen LogP contribution in [0.1, 0.15) is 13.3 Å². The molecule has 1 aromatic rings. The number of nitrogens with zero attached hydrogens (tertiary/aromatic N) is 1. The van der Waals surface area contributed by atoms with E-state index in [1.54, 1.807) is 12.1 Å². The van der Waals surface area contributed by atoms with E-state index in [4.69, 9.17) is 6.42 Å². The van der Waals surface area contributed by atoms with Crippen LogP contribution in [0, 0.1) is 18.2 Å². The van der Waals surface area contributed by atoms with Gasteiger partial charge < -0.3 is 10.2 Å². The summed E-state index contributed by atoms with van der Waals surface area (Å²) in [5, 5.41) is 2.50. The van der Waals surface area contributed by atoms with Gasteiger partial charge in [-0.15, -0.1) is 6.42 Å². The molecule has 1 aromatic carbocycles. The second kappa shape index (κ2) is 6.54. The Labute approximate surface area is 101 Å². The Bertz CT molecular complexity index is 426. The van der Waals surface area contributed by atoms with Crippen molar-refractivity contribution in [3.05, 3.63) is 30.1 Å². The number of amides is 2. The second-order valence-electron chi connectivity index (χ2n) is 3.54. The van der Waals surface area contributed by atoms with Gasteiger partial charge in [0.15, 0.2) is 0 Å². The zero-order valence-electron chi connectivity index (χ0n) is 9.74. The lowest BCUT2D eigenvalue weighted by Gasteiger charge is -2.20. The van der Waals surface area contributed by atoms with Gasteiger partial charge in [-0.05, 0) is 18.6 Å². The summed E-state index contributed by atoms with van der Waals surface area (Å²) in [4.78, 5) is 13.3. The average molecular weight is 234 g/mol. The highest BCUT2D eigenvalue weighted by molar-refractivity contribution is 5.89. The highest BCUT2D eigenvalue weighted by Gasteiger charge is 2.12. The summed E-state index contributed by atoms with van der Waals surface area (Å²) in [5.41, 5.74) is 0.163. The summed E-state index contributed by atoms with van der Waals surface area (Å²) in [6, 6.07) is 5.64. The number of anilines is 1. The molecule has 0 radical (unpaired) electrons. The first-order chi connectivity index (χ1) is 8.19. The molecule has 0 saturated carbocycles. The van der Waals surface area contributed by atoms with Crippen LogP contribution in [-0.4, -0.2) is 24.0 Å². The third kappa shape index (κ3) is 3.80. The van der Waals surface area contributed by atoms with Crippen molar-refractivity contribution in [2.45, 2.75) is 13.3 Å². The molecule has 2 amide bonds. The first kappa shape index (κ1) is 13.0. The number of para-hydroxylation sites is 1. The van der Waals surface area contributed by atoms with Gasteiger partial charge >= 0.3 is 6.03 Å². The van der Waals surface area contributed by atoms with Gasteiger partial charge in [0, 0.05) is 6.54 Å². The van der Waals surface area contributed by atoms with Gasteiger partial charge in [0.2, 0.25) is 0 Å². The molecule has 4 heteroatoms. The van der Waals surface area contributed by atoms with Gasteiger partial charge in [-0.25, -0.2) is 9.18 Å². The maximum Gasteiger partial charge on any atom is 0.322 e. The van der Waals surface area contributed by atoms with Crippen molar-refractivity contribution in [1.29, 1.82) is 0 Å². The van der Waals surface area contributed by atoms with Crippen molar-refractivity contribution < 1.29 is 9.18 Å². The third-order valence-corrected chi connectivity index (χ3v) is 2.18. The fourth-order valence-corrected chi connectivity index (χ4v) is 1.39. The van der Waals surface area contributed by atoms with Crippen LogP contribution in [0.2, 0.25) is 0 Å². The number of benzene rings is 1. The quantitative estimate of drug-likeness (QED) is 0.798. The van der Waals surface area contributed by atoms with Crippen LogP contribution in [0.5, 0.6) is 0 Å². The summed E-state index contributed by atoms with van der Waals surface area (Å²) >= 11 is 0. The van der Waals surface area contributed by atoms with Crippen molar-refractivity contribution in [3.8, 4) is 12.3 Å². The maximum atomic E-state index is 13.3. The molecule has 0 unspecified atom stereocenters. The lowest BCUT2D eigenvalue weighted by molar-refractivity contribution is 0.218. The van der Waals surface area contributed by atoms with Crippen LogP contribution in [0.15, 0.2) is 24.3 Å². The van der Waals surface area contributed by atoms with E-state index in [9.17, 15) is 9.18 Å². The lowest BCUT2D eigenvalue weighted by atomic mass is 10.3. The fourth-order valence-electron chi connectivity index (χ4n) is 1.39. The standard InChI is InChI=1S/C13H15FN2O/c1-3-9-16(10-4-2)13(17)15-12-8-6-5-7-11(12)14/h1,5-8H,4,9-10H2,2H3,(H,15,17). The Hall–Kier alpha value is -2.02. The molecule has 1 N–H and O–H groups in total. The maximum absolute atomic E-state index is 13.3. The van der Waals surface area contributed by atoms with Gasteiger partial charge in [-0.1, -0.05) is 25.0 Å². The van der Waals surface area contributed by atoms with E-state index < -0.39 is 5.82 Å². The molecule has 0 aliphatic rings. The van der Waals surface area contributed by atoms with Crippen LogP contribution in [0.3, 0.4) is 0 Å². The predicted octanol–water partition coefficient (Wildman–Crippen LogP) is 2.70. The highest BCUT2D eigenvalue weighted by Crippen LogP contribution is 2.13. The van der Waals surface area contributed by atoms with Crippen molar-refractivity contribution in [3.63, 3.8) is 0 Å². The molecule has 0 heterocycles. The molecule has 0 fully saturated rings. The number of nitrogens with one attached hydrogen (secondary N) is 1. The van der Waals surface area contributed by atoms with Crippen molar-refractivity contribution >= 4 is 11.7 Å². The van der Waals surface area contributed by atoms with Gasteiger partial charge in [0.25, 0.3) is 0 Å². The number of halogens is 1. The number of hydrogen-bond donors (Lipinski definition) is 1. The van der Waals surface area contributed by atoms with Crippen LogP contribution in [0.4, 0.5) is 14.9 Å². The summed E-state index contributed by atoms with van der Waals surface area (Å²) in [6.07, 6.45) is 5.97. The van der Waals surface area contributed by atoms with E-state index in [0.717, 1.165) is 6.42 Å². The highest BCUT2D eigenvalue weighted by atomic mass is 19.1. The third-order valence-electron chi connectivity index (χ3n) is 2.18. The van der Waals surface area contributed by atoms with Crippen LogP contribution >= 0.6 is 0 Å². The molecule has 0 aliphatic carbocycles. The smallest absolute Gasteiger partial charge is 0.313 e. The number of terminal acetylenes is 1. The van der Waals surface area contributed by atoms with E-state index in [-0.39, 0.29) is 18.3 Å². The lowest BCUT2D eigenvalue weighted by Crippen LogP contribution is -2.36. The number of carbonyl (C=O) groups excluding carboxylic acids is 1. The summed E-state index contributed by atoms with van der Waals surface area (Å²) in [6.45, 7) is 2.71. The van der Waals surface area contributed by atoms with E-state index >= 15 is 0 Å². The van der Waals surface area contributed by atoms with Gasteiger partial charge in [0.1, 0.15) is 5.82 Å². The Morgan fingerprint density at radius 2 is 2.24 bits per heavy atom. The Kier molecular flexibility index (Phi) is 5.02. The zero-order valence-corrected chi connectivity index (χ0v) is 9.74. The molecule has 1 rings (SSSR count). The van der Waals surface area contributed by atoms with E-state index in [1.807, 2.05) is 6.92 Å². The molecule has 0 spiro atoms. The van der Waals surface area contributed by atoms with E-state index in [1.165, 1.54) is 17.0 Å². The summed E-state index contributed by atoms with van der Waals surface area (Å²) in [7, 11) is 0. The summed E-state index contributed by atoms with van der Waals surface area (Å²) < 4.78 is 13.3.